The third-order valence-electron chi connectivity index (χ3n) is 4.22. The average molecular weight is 276 g/mol. The number of nitrogens with two attached hydrogens (primary N) is 1. The highest BCUT2D eigenvalue weighted by Crippen LogP contribution is 2.22. The van der Waals surface area contributed by atoms with E-state index in [0.29, 0.717) is 0 Å². The Morgan fingerprint density at radius 2 is 1.95 bits per heavy atom. The van der Waals surface area contributed by atoms with Crippen molar-refractivity contribution in [2.75, 3.05) is 13.1 Å². The van der Waals surface area contributed by atoms with Gasteiger partial charge in [-0.2, -0.15) is 0 Å². The van der Waals surface area contributed by atoms with Crippen molar-refractivity contribution in [2.45, 2.75) is 45.8 Å². The molecule has 1 atom stereocenters. The van der Waals surface area contributed by atoms with Crippen molar-refractivity contribution in [2.24, 2.45) is 5.73 Å². The van der Waals surface area contributed by atoms with Crippen LogP contribution in [0.4, 0.5) is 0 Å². The molecule has 1 aliphatic rings. The summed E-state index contributed by atoms with van der Waals surface area (Å²) in [5.41, 5.74) is 7.88. The monoisotopic (exact) mass is 276 g/mol. The Kier molecular flexibility index (Phi) is 4.65. The van der Waals surface area contributed by atoms with Crippen LogP contribution in [0, 0.1) is 13.8 Å². The van der Waals surface area contributed by atoms with Gasteiger partial charge in [-0.25, -0.2) is 0 Å². The lowest BCUT2D eigenvalue weighted by Crippen LogP contribution is -2.48. The number of primary amides is 1. The van der Waals surface area contributed by atoms with Crippen LogP contribution in [0.1, 0.15) is 30.9 Å². The van der Waals surface area contributed by atoms with E-state index >= 15 is 0 Å². The number of hydrogen-bond acceptors (Lipinski definition) is 3. The SMILES string of the molecule is Cc1ccc(OC2CCN([C@@H](C)C(N)=O)CC2)cc1C. The molecule has 0 saturated carbocycles. The van der Waals surface area contributed by atoms with Crippen molar-refractivity contribution in [3.63, 3.8) is 0 Å². The van der Waals surface area contributed by atoms with Gasteiger partial charge in [0.15, 0.2) is 0 Å². The van der Waals surface area contributed by atoms with Gasteiger partial charge in [0.1, 0.15) is 11.9 Å². The second kappa shape index (κ2) is 6.27. The number of rotatable bonds is 4. The smallest absolute Gasteiger partial charge is 0.234 e. The van der Waals surface area contributed by atoms with Crippen molar-refractivity contribution >= 4 is 5.91 Å². The van der Waals surface area contributed by atoms with Crippen LogP contribution in [-0.2, 0) is 4.79 Å². The Morgan fingerprint density at radius 1 is 1.30 bits per heavy atom. The van der Waals surface area contributed by atoms with Gasteiger partial charge in [0.25, 0.3) is 0 Å². The molecule has 0 aromatic heterocycles. The lowest BCUT2D eigenvalue weighted by atomic mass is 10.1. The van der Waals surface area contributed by atoms with Gasteiger partial charge >= 0.3 is 0 Å². The van der Waals surface area contributed by atoms with Gasteiger partial charge in [-0.1, -0.05) is 6.07 Å². The first-order chi connectivity index (χ1) is 9.47. The number of carbonyl (C=O) groups excluding carboxylic acids is 1. The maximum atomic E-state index is 11.2. The normalized spacial score (nSPS) is 18.8. The molecule has 1 amide bonds. The quantitative estimate of drug-likeness (QED) is 0.915. The molecule has 0 bridgehead atoms. The fourth-order valence-electron chi connectivity index (χ4n) is 2.54. The molecule has 1 aliphatic heterocycles. The van der Waals surface area contributed by atoms with Gasteiger partial charge in [-0.3, -0.25) is 9.69 Å². The lowest BCUT2D eigenvalue weighted by molar-refractivity contribution is -0.123. The second-order valence-electron chi connectivity index (χ2n) is 5.68. The molecule has 0 radical (unpaired) electrons. The van der Waals surface area contributed by atoms with Gasteiger partial charge in [0.2, 0.25) is 5.91 Å². The van der Waals surface area contributed by atoms with Crippen LogP contribution in [0.3, 0.4) is 0 Å². The minimum Gasteiger partial charge on any atom is -0.490 e. The van der Waals surface area contributed by atoms with Crippen LogP contribution in [0.25, 0.3) is 0 Å². The number of piperidine rings is 1. The van der Waals surface area contributed by atoms with E-state index < -0.39 is 0 Å². The largest absolute Gasteiger partial charge is 0.490 e. The zero-order chi connectivity index (χ0) is 14.7. The molecule has 20 heavy (non-hydrogen) atoms. The molecular formula is C16H24N2O2. The van der Waals surface area contributed by atoms with Crippen LogP contribution >= 0.6 is 0 Å². The van der Waals surface area contributed by atoms with E-state index in [9.17, 15) is 4.79 Å². The number of likely N-dealkylation sites (tertiary alicyclic amines) is 1. The zero-order valence-corrected chi connectivity index (χ0v) is 12.6. The van der Waals surface area contributed by atoms with Crippen molar-refractivity contribution in [3.05, 3.63) is 29.3 Å². The summed E-state index contributed by atoms with van der Waals surface area (Å²) in [6.07, 6.45) is 2.10. The van der Waals surface area contributed by atoms with Gasteiger partial charge in [-0.05, 0) is 56.9 Å². The molecule has 2 N–H and O–H groups in total. The fourth-order valence-corrected chi connectivity index (χ4v) is 2.54. The van der Waals surface area contributed by atoms with Crippen molar-refractivity contribution in [1.29, 1.82) is 0 Å². The first-order valence-electron chi connectivity index (χ1n) is 7.24. The van der Waals surface area contributed by atoms with Crippen LogP contribution in [0.2, 0.25) is 0 Å². The molecule has 1 aromatic rings. The number of ether oxygens (including phenoxy) is 1. The van der Waals surface area contributed by atoms with Crippen LogP contribution in [0.5, 0.6) is 5.75 Å². The highest BCUT2D eigenvalue weighted by atomic mass is 16.5. The highest BCUT2D eigenvalue weighted by molar-refractivity contribution is 5.79. The summed E-state index contributed by atoms with van der Waals surface area (Å²) < 4.78 is 6.04. The fraction of sp³-hybridized carbons (Fsp3) is 0.562. The molecule has 1 aromatic carbocycles. The summed E-state index contributed by atoms with van der Waals surface area (Å²) in [7, 11) is 0. The third kappa shape index (κ3) is 3.51. The summed E-state index contributed by atoms with van der Waals surface area (Å²) in [5.74, 6) is 0.688. The minimum absolute atomic E-state index is 0.183. The molecule has 110 valence electrons. The molecule has 4 heteroatoms. The maximum absolute atomic E-state index is 11.2. The molecule has 1 heterocycles. The summed E-state index contributed by atoms with van der Waals surface area (Å²) in [4.78, 5) is 13.3. The number of aryl methyl sites for hydroxylation is 2. The average Bonchev–Trinajstić information content (AvgIpc) is 2.43. The Morgan fingerprint density at radius 3 is 2.50 bits per heavy atom. The Labute approximate surface area is 120 Å². The molecule has 0 unspecified atom stereocenters. The van der Waals surface area contributed by atoms with E-state index in [4.69, 9.17) is 10.5 Å². The van der Waals surface area contributed by atoms with Gasteiger partial charge < -0.3 is 10.5 Å². The van der Waals surface area contributed by atoms with E-state index in [2.05, 4.69) is 30.9 Å². The zero-order valence-electron chi connectivity index (χ0n) is 12.6. The number of benzene rings is 1. The molecule has 0 aliphatic carbocycles. The molecule has 1 saturated heterocycles. The first-order valence-corrected chi connectivity index (χ1v) is 7.24. The van der Waals surface area contributed by atoms with E-state index in [1.165, 1.54) is 11.1 Å². The van der Waals surface area contributed by atoms with E-state index in [-0.39, 0.29) is 18.1 Å². The van der Waals surface area contributed by atoms with Crippen molar-refractivity contribution in [1.82, 2.24) is 4.90 Å². The minimum atomic E-state index is -0.251. The van der Waals surface area contributed by atoms with Crippen molar-refractivity contribution < 1.29 is 9.53 Å². The van der Waals surface area contributed by atoms with Crippen LogP contribution < -0.4 is 10.5 Å². The number of hydrogen-bond donors (Lipinski definition) is 1. The van der Waals surface area contributed by atoms with E-state index in [0.717, 1.165) is 31.7 Å². The highest BCUT2D eigenvalue weighted by Gasteiger charge is 2.26. The molecule has 1 fully saturated rings. The summed E-state index contributed by atoms with van der Waals surface area (Å²) in [5, 5.41) is 0. The number of amides is 1. The number of nitrogens with zero attached hydrogens (tertiary/aromatic N) is 1. The predicted octanol–water partition coefficient (Wildman–Crippen LogP) is 2.02. The van der Waals surface area contributed by atoms with Crippen LogP contribution in [-0.4, -0.2) is 36.0 Å². The summed E-state index contributed by atoms with van der Waals surface area (Å²) in [6, 6.07) is 6.03. The van der Waals surface area contributed by atoms with Crippen molar-refractivity contribution in [3.8, 4) is 5.75 Å². The lowest BCUT2D eigenvalue weighted by Gasteiger charge is -2.34. The molecule has 0 spiro atoms. The Hall–Kier alpha value is -1.55. The molecule has 4 nitrogen and oxygen atoms in total. The van der Waals surface area contributed by atoms with E-state index in [1.807, 2.05) is 13.0 Å². The summed E-state index contributed by atoms with van der Waals surface area (Å²) in [6.45, 7) is 7.79. The standard InChI is InChI=1S/C16H24N2O2/c1-11-4-5-15(10-12(11)2)20-14-6-8-18(9-7-14)13(3)16(17)19/h4-5,10,13-14H,6-9H2,1-3H3,(H2,17,19)/t13-/m0/s1. The Balaban J connectivity index is 1.88. The third-order valence-corrected chi connectivity index (χ3v) is 4.22. The van der Waals surface area contributed by atoms with E-state index in [1.54, 1.807) is 0 Å². The second-order valence-corrected chi connectivity index (χ2v) is 5.68. The van der Waals surface area contributed by atoms with Gasteiger partial charge in [0.05, 0.1) is 6.04 Å². The van der Waals surface area contributed by atoms with Gasteiger partial charge in [-0.15, -0.1) is 0 Å². The predicted molar refractivity (Wildman–Crippen MR) is 79.8 cm³/mol. The maximum Gasteiger partial charge on any atom is 0.234 e. The Bertz CT molecular complexity index is 479. The van der Waals surface area contributed by atoms with Gasteiger partial charge in [0, 0.05) is 13.1 Å². The first kappa shape index (κ1) is 14.9. The molecule has 2 rings (SSSR count). The molecular weight excluding hydrogens is 252 g/mol. The number of carbonyl (C=O) groups is 1. The van der Waals surface area contributed by atoms with Crippen LogP contribution in [0.15, 0.2) is 18.2 Å². The summed E-state index contributed by atoms with van der Waals surface area (Å²) >= 11 is 0. The topological polar surface area (TPSA) is 55.6 Å².